The van der Waals surface area contributed by atoms with E-state index >= 15 is 0 Å². The SMILES string of the molecule is COC(=O)c1ccc([C@H](C)NC(=O)c2cc3occc3n2Cc2coc(-c3ccccc3)n2)cc1. The molecule has 0 aliphatic carbocycles. The predicted octanol–water partition coefficient (Wildman–Crippen LogP) is 5.22. The Morgan fingerprint density at radius 1 is 1.06 bits per heavy atom. The third-order valence-electron chi connectivity index (χ3n) is 5.83. The number of carbonyl (C=O) groups is 2. The second kappa shape index (κ2) is 9.34. The molecule has 5 aromatic rings. The molecule has 176 valence electrons. The molecule has 0 saturated carbocycles. The Balaban J connectivity index is 1.37. The van der Waals surface area contributed by atoms with Gasteiger partial charge in [-0.2, -0.15) is 0 Å². The molecule has 0 fully saturated rings. The lowest BCUT2D eigenvalue weighted by Gasteiger charge is -2.16. The molecular weight excluding hydrogens is 446 g/mol. The molecule has 0 bridgehead atoms. The Bertz CT molecular complexity index is 1480. The molecule has 3 heterocycles. The third-order valence-corrected chi connectivity index (χ3v) is 5.83. The lowest BCUT2D eigenvalue weighted by molar-refractivity contribution is 0.0600. The van der Waals surface area contributed by atoms with Gasteiger partial charge in [0.05, 0.1) is 42.7 Å². The normalized spacial score (nSPS) is 11.9. The third kappa shape index (κ3) is 4.46. The Hall–Kier alpha value is -4.59. The minimum absolute atomic E-state index is 0.257. The summed E-state index contributed by atoms with van der Waals surface area (Å²) in [6.07, 6.45) is 3.19. The lowest BCUT2D eigenvalue weighted by atomic mass is 10.1. The molecule has 1 amide bonds. The molecule has 8 nitrogen and oxygen atoms in total. The quantitative estimate of drug-likeness (QED) is 0.328. The van der Waals surface area contributed by atoms with Crippen molar-refractivity contribution in [3.8, 4) is 11.5 Å². The van der Waals surface area contributed by atoms with Gasteiger partial charge in [0.1, 0.15) is 12.0 Å². The molecule has 5 rings (SSSR count). The number of fused-ring (bicyclic) bond motifs is 1. The van der Waals surface area contributed by atoms with Crippen LogP contribution in [0.25, 0.3) is 22.6 Å². The molecule has 8 heteroatoms. The van der Waals surface area contributed by atoms with E-state index in [9.17, 15) is 9.59 Å². The van der Waals surface area contributed by atoms with Crippen molar-refractivity contribution < 1.29 is 23.2 Å². The Morgan fingerprint density at radius 3 is 2.57 bits per heavy atom. The first-order chi connectivity index (χ1) is 17.0. The highest BCUT2D eigenvalue weighted by atomic mass is 16.5. The number of benzene rings is 2. The van der Waals surface area contributed by atoms with E-state index in [4.69, 9.17) is 13.6 Å². The van der Waals surface area contributed by atoms with Crippen molar-refractivity contribution in [1.82, 2.24) is 14.9 Å². The number of nitrogens with zero attached hydrogens (tertiary/aromatic N) is 2. The van der Waals surface area contributed by atoms with Crippen LogP contribution < -0.4 is 5.32 Å². The summed E-state index contributed by atoms with van der Waals surface area (Å²) in [5.41, 5.74) is 4.71. The Morgan fingerprint density at radius 2 is 1.83 bits per heavy atom. The van der Waals surface area contributed by atoms with Gasteiger partial charge in [-0.25, -0.2) is 9.78 Å². The molecule has 0 aliphatic heterocycles. The zero-order valence-electron chi connectivity index (χ0n) is 19.2. The molecule has 1 N–H and O–H groups in total. The van der Waals surface area contributed by atoms with Gasteiger partial charge in [-0.15, -0.1) is 0 Å². The van der Waals surface area contributed by atoms with Gasteiger partial charge in [-0.05, 0) is 36.8 Å². The minimum Gasteiger partial charge on any atom is -0.465 e. The summed E-state index contributed by atoms with van der Waals surface area (Å²) in [7, 11) is 1.34. The van der Waals surface area contributed by atoms with Gasteiger partial charge in [0.15, 0.2) is 5.58 Å². The van der Waals surface area contributed by atoms with Gasteiger partial charge in [-0.1, -0.05) is 30.3 Å². The van der Waals surface area contributed by atoms with Crippen LogP contribution in [0.1, 0.15) is 45.1 Å². The van der Waals surface area contributed by atoms with Crippen LogP contribution in [0.4, 0.5) is 0 Å². The zero-order valence-corrected chi connectivity index (χ0v) is 19.2. The van der Waals surface area contributed by atoms with Crippen molar-refractivity contribution in [1.29, 1.82) is 0 Å². The van der Waals surface area contributed by atoms with Gasteiger partial charge in [0, 0.05) is 17.7 Å². The number of esters is 1. The van der Waals surface area contributed by atoms with Crippen LogP contribution in [0.2, 0.25) is 0 Å². The maximum atomic E-state index is 13.3. The lowest BCUT2D eigenvalue weighted by Crippen LogP contribution is -2.28. The van der Waals surface area contributed by atoms with E-state index in [1.165, 1.54) is 7.11 Å². The smallest absolute Gasteiger partial charge is 0.337 e. The topological polar surface area (TPSA) is 99.5 Å². The van der Waals surface area contributed by atoms with E-state index in [0.29, 0.717) is 35.0 Å². The first-order valence-corrected chi connectivity index (χ1v) is 11.1. The molecule has 0 saturated heterocycles. The minimum atomic E-state index is -0.406. The maximum absolute atomic E-state index is 13.3. The molecule has 0 unspecified atom stereocenters. The second-order valence-electron chi connectivity index (χ2n) is 8.10. The summed E-state index contributed by atoms with van der Waals surface area (Å²) in [5, 5.41) is 3.02. The van der Waals surface area contributed by atoms with Gasteiger partial charge in [0.25, 0.3) is 5.91 Å². The van der Waals surface area contributed by atoms with Crippen LogP contribution in [-0.4, -0.2) is 28.5 Å². The van der Waals surface area contributed by atoms with Crippen LogP contribution in [0, 0.1) is 0 Å². The molecule has 1 atom stereocenters. The average Bonchev–Trinajstić information content (AvgIpc) is 3.62. The first-order valence-electron chi connectivity index (χ1n) is 11.1. The number of hydrogen-bond acceptors (Lipinski definition) is 6. The summed E-state index contributed by atoms with van der Waals surface area (Å²) in [6, 6.07) is 19.8. The largest absolute Gasteiger partial charge is 0.465 e. The number of aromatic nitrogens is 2. The fourth-order valence-corrected chi connectivity index (χ4v) is 3.97. The van der Waals surface area contributed by atoms with Crippen molar-refractivity contribution in [2.45, 2.75) is 19.5 Å². The van der Waals surface area contributed by atoms with Gasteiger partial charge in [0.2, 0.25) is 5.89 Å². The van der Waals surface area contributed by atoms with Gasteiger partial charge in [-0.3, -0.25) is 4.79 Å². The molecule has 35 heavy (non-hydrogen) atoms. The standard InChI is InChI=1S/C27H23N3O5/c1-17(18-8-10-20(11-9-18)27(32)33-2)28-25(31)23-14-24-22(12-13-34-24)30(23)15-21-16-35-26(29-21)19-6-4-3-5-7-19/h3-14,16-17H,15H2,1-2H3,(H,28,31)/t17-/m0/s1. The molecular formula is C27H23N3O5. The average molecular weight is 469 g/mol. The van der Waals surface area contributed by atoms with Crippen molar-refractivity contribution >= 4 is 23.0 Å². The summed E-state index contributed by atoms with van der Waals surface area (Å²) in [6.45, 7) is 2.22. The van der Waals surface area contributed by atoms with E-state index in [0.717, 1.165) is 16.6 Å². The molecule has 3 aromatic heterocycles. The summed E-state index contributed by atoms with van der Waals surface area (Å²) in [4.78, 5) is 29.5. The van der Waals surface area contributed by atoms with E-state index in [2.05, 4.69) is 10.3 Å². The highest BCUT2D eigenvalue weighted by Gasteiger charge is 2.21. The van der Waals surface area contributed by atoms with Crippen LogP contribution >= 0.6 is 0 Å². The number of furan rings is 1. The number of ether oxygens (including phenoxy) is 1. The van der Waals surface area contributed by atoms with E-state index in [-0.39, 0.29) is 11.9 Å². The molecule has 0 radical (unpaired) electrons. The van der Waals surface area contributed by atoms with Gasteiger partial charge >= 0.3 is 5.97 Å². The fraction of sp³-hybridized carbons (Fsp3) is 0.148. The summed E-state index contributed by atoms with van der Waals surface area (Å²) in [5.74, 6) is -0.143. The van der Waals surface area contributed by atoms with Crippen molar-refractivity contribution in [3.63, 3.8) is 0 Å². The van der Waals surface area contributed by atoms with Crippen LogP contribution in [0.3, 0.4) is 0 Å². The molecule has 0 spiro atoms. The number of nitrogens with one attached hydrogen (secondary N) is 1. The highest BCUT2D eigenvalue weighted by Crippen LogP contribution is 2.25. The first kappa shape index (κ1) is 22.2. The molecule has 0 aliphatic rings. The number of amides is 1. The summed E-state index contributed by atoms with van der Waals surface area (Å²) < 4.78 is 17.8. The van der Waals surface area contributed by atoms with Crippen LogP contribution in [0.5, 0.6) is 0 Å². The van der Waals surface area contributed by atoms with Crippen molar-refractivity contribution in [2.75, 3.05) is 7.11 Å². The second-order valence-corrected chi connectivity index (χ2v) is 8.10. The Labute approximate surface area is 201 Å². The van der Waals surface area contributed by atoms with Crippen LogP contribution in [0.15, 0.2) is 88.1 Å². The number of carbonyl (C=O) groups excluding carboxylic acids is 2. The van der Waals surface area contributed by atoms with Crippen molar-refractivity contribution in [2.24, 2.45) is 0 Å². The number of rotatable bonds is 7. The number of oxazole rings is 1. The zero-order chi connectivity index (χ0) is 24.4. The maximum Gasteiger partial charge on any atom is 0.337 e. The van der Waals surface area contributed by atoms with Crippen LogP contribution in [-0.2, 0) is 11.3 Å². The monoisotopic (exact) mass is 469 g/mol. The highest BCUT2D eigenvalue weighted by molar-refractivity contribution is 5.97. The van der Waals surface area contributed by atoms with E-state index < -0.39 is 5.97 Å². The fourth-order valence-electron chi connectivity index (χ4n) is 3.97. The van der Waals surface area contributed by atoms with Gasteiger partial charge < -0.3 is 23.5 Å². The number of hydrogen-bond donors (Lipinski definition) is 1. The molecule has 2 aromatic carbocycles. The Kier molecular flexibility index (Phi) is 5.93. The summed E-state index contributed by atoms with van der Waals surface area (Å²) >= 11 is 0. The van der Waals surface area contributed by atoms with E-state index in [1.54, 1.807) is 42.9 Å². The van der Waals surface area contributed by atoms with Crippen molar-refractivity contribution in [3.05, 3.63) is 102 Å². The van der Waals surface area contributed by atoms with E-state index in [1.807, 2.05) is 47.9 Å². The number of methoxy groups -OCH3 is 1. The predicted molar refractivity (Wildman–Crippen MR) is 129 cm³/mol.